The minimum absolute atomic E-state index is 0. The number of nitrogens with two attached hydrogens (primary N) is 2. The summed E-state index contributed by atoms with van der Waals surface area (Å²) < 4.78 is 0. The molecule has 0 aliphatic rings. The van der Waals surface area contributed by atoms with Crippen LogP contribution in [0.5, 0.6) is 0 Å². The molecule has 0 aliphatic heterocycles. The van der Waals surface area contributed by atoms with Gasteiger partial charge in [0.15, 0.2) is 0 Å². The summed E-state index contributed by atoms with van der Waals surface area (Å²) in [6.07, 6.45) is 1.83. The Morgan fingerprint density at radius 1 is 0.870 bits per heavy atom. The molecule has 9 heteroatoms. The van der Waals surface area contributed by atoms with Crippen LogP contribution in [0.25, 0.3) is 0 Å². The van der Waals surface area contributed by atoms with Crippen molar-refractivity contribution >= 4 is 11.4 Å². The molecule has 0 spiro atoms. The van der Waals surface area contributed by atoms with Crippen LogP contribution in [-0.4, -0.2) is 60.1 Å². The Bertz CT molecular complexity index is 286. The van der Waals surface area contributed by atoms with Gasteiger partial charge in [0, 0.05) is 38.3 Å². The largest absolute Gasteiger partial charge is 3.00 e. The summed E-state index contributed by atoms with van der Waals surface area (Å²) in [6.45, 7) is 10.4. The van der Waals surface area contributed by atoms with Crippen molar-refractivity contribution in [2.45, 2.75) is 52.6 Å². The van der Waals surface area contributed by atoms with Crippen LogP contribution in [0.1, 0.15) is 40.5 Å². The predicted molar refractivity (Wildman–Crippen MR) is 92.1 cm³/mol. The molecule has 0 fully saturated rings. The maximum absolute atomic E-state index is 8.45. The molecule has 8 N–H and O–H groups in total. The number of rotatable bonds is 10. The fourth-order valence-electron chi connectivity index (χ4n) is 1.83. The van der Waals surface area contributed by atoms with Crippen molar-refractivity contribution in [3.63, 3.8) is 0 Å². The van der Waals surface area contributed by atoms with Crippen molar-refractivity contribution < 1.29 is 27.2 Å². The van der Waals surface area contributed by atoms with Crippen molar-refractivity contribution in [1.82, 2.24) is 10.6 Å². The van der Waals surface area contributed by atoms with Gasteiger partial charge < -0.3 is 32.5 Å². The van der Waals surface area contributed by atoms with E-state index in [1.165, 1.54) is 0 Å². The monoisotopic (exact) mass is 377 g/mol. The van der Waals surface area contributed by atoms with Crippen LogP contribution in [0.15, 0.2) is 10.3 Å². The molecular weight excluding hydrogens is 343 g/mol. The minimum atomic E-state index is 0. The molecule has 8 nitrogen and oxygen atoms in total. The Hall–Kier alpha value is -0.714. The molecule has 2 unspecified atom stereocenters. The smallest absolute Gasteiger partial charge is 0.411 e. The zero-order chi connectivity index (χ0) is 17.4. The molecule has 0 aromatic heterocycles. The molecule has 0 amide bonds. The third-order valence-electron chi connectivity index (χ3n) is 3.21. The van der Waals surface area contributed by atoms with E-state index in [2.05, 4.69) is 20.9 Å². The topological polar surface area (TPSA) is 141 Å². The number of hydrogen-bond donors (Lipinski definition) is 6. The van der Waals surface area contributed by atoms with E-state index in [0.717, 1.165) is 25.9 Å². The molecule has 0 rings (SSSR count). The van der Waals surface area contributed by atoms with Gasteiger partial charge in [-0.2, -0.15) is 0 Å². The SMILES string of the molecule is CCC(NCCN)C(C)=NO.CCC(NCCN)C(C)=NO.[Co+3]. The fourth-order valence-corrected chi connectivity index (χ4v) is 1.83. The van der Waals surface area contributed by atoms with Gasteiger partial charge in [-0.3, -0.25) is 0 Å². The van der Waals surface area contributed by atoms with Crippen molar-refractivity contribution in [1.29, 1.82) is 0 Å². The van der Waals surface area contributed by atoms with Crippen molar-refractivity contribution in [2.24, 2.45) is 21.8 Å². The third-order valence-corrected chi connectivity index (χ3v) is 3.21. The van der Waals surface area contributed by atoms with Crippen LogP contribution < -0.4 is 22.1 Å². The number of hydrogen-bond acceptors (Lipinski definition) is 8. The van der Waals surface area contributed by atoms with E-state index in [1.807, 2.05) is 13.8 Å². The second-order valence-electron chi connectivity index (χ2n) is 4.89. The molecule has 138 valence electrons. The van der Waals surface area contributed by atoms with Crippen molar-refractivity contribution in [3.05, 3.63) is 0 Å². The zero-order valence-electron chi connectivity index (χ0n) is 14.7. The van der Waals surface area contributed by atoms with E-state index in [4.69, 9.17) is 21.9 Å². The standard InChI is InChI=1S/2C7H17N3O.Co/c2*1-3-7(6(2)10-11)9-5-4-8;/h2*7,9,11H,3-5,8H2,1-2H3;/q;;+3. The van der Waals surface area contributed by atoms with Crippen LogP contribution in [-0.2, 0) is 16.8 Å². The zero-order valence-corrected chi connectivity index (χ0v) is 15.7. The Kier molecular flexibility index (Phi) is 22.8. The van der Waals surface area contributed by atoms with Crippen LogP contribution >= 0.6 is 0 Å². The molecule has 23 heavy (non-hydrogen) atoms. The van der Waals surface area contributed by atoms with Gasteiger partial charge in [-0.25, -0.2) is 0 Å². The Labute approximate surface area is 150 Å². The summed E-state index contributed by atoms with van der Waals surface area (Å²) >= 11 is 0. The van der Waals surface area contributed by atoms with Crippen LogP contribution in [0.4, 0.5) is 0 Å². The van der Waals surface area contributed by atoms with Gasteiger partial charge in [-0.05, 0) is 26.7 Å². The summed E-state index contributed by atoms with van der Waals surface area (Å²) in [6, 6.07) is 0.312. The van der Waals surface area contributed by atoms with Crippen LogP contribution in [0.2, 0.25) is 0 Å². The quantitative estimate of drug-likeness (QED) is 0.184. The van der Waals surface area contributed by atoms with E-state index in [-0.39, 0.29) is 28.9 Å². The number of oxime groups is 2. The van der Waals surface area contributed by atoms with Gasteiger partial charge in [-0.1, -0.05) is 24.2 Å². The first-order valence-corrected chi connectivity index (χ1v) is 7.76. The van der Waals surface area contributed by atoms with Crippen molar-refractivity contribution in [2.75, 3.05) is 26.2 Å². The van der Waals surface area contributed by atoms with Gasteiger partial charge in [-0.15, -0.1) is 0 Å². The van der Waals surface area contributed by atoms with Gasteiger partial charge >= 0.3 is 16.8 Å². The summed E-state index contributed by atoms with van der Waals surface area (Å²) in [7, 11) is 0. The van der Waals surface area contributed by atoms with E-state index in [0.29, 0.717) is 24.5 Å². The average Bonchev–Trinajstić information content (AvgIpc) is 2.56. The van der Waals surface area contributed by atoms with Gasteiger partial charge in [0.2, 0.25) is 0 Å². The van der Waals surface area contributed by atoms with E-state index in [9.17, 15) is 0 Å². The van der Waals surface area contributed by atoms with Crippen LogP contribution in [0, 0.1) is 0 Å². The van der Waals surface area contributed by atoms with Crippen molar-refractivity contribution in [3.8, 4) is 0 Å². The molecule has 0 aromatic rings. The van der Waals surface area contributed by atoms with Crippen LogP contribution in [0.3, 0.4) is 0 Å². The molecule has 0 radical (unpaired) electrons. The molecular formula is C14H34CoN6O2+3. The third kappa shape index (κ3) is 14.6. The molecule has 0 aromatic carbocycles. The minimum Gasteiger partial charge on any atom is -0.411 e. The van der Waals surface area contributed by atoms with Gasteiger partial charge in [0.25, 0.3) is 0 Å². The summed E-state index contributed by atoms with van der Waals surface area (Å²) in [4.78, 5) is 0. The molecule has 0 heterocycles. The maximum atomic E-state index is 8.45. The number of nitrogens with zero attached hydrogens (tertiary/aromatic N) is 2. The van der Waals surface area contributed by atoms with Gasteiger partial charge in [0.1, 0.15) is 0 Å². The first-order valence-electron chi connectivity index (χ1n) is 7.76. The molecule has 2 atom stereocenters. The molecule has 0 aliphatic carbocycles. The van der Waals surface area contributed by atoms with E-state index < -0.39 is 0 Å². The molecule has 0 saturated carbocycles. The first kappa shape index (κ1) is 27.1. The number of nitrogens with one attached hydrogen (secondary N) is 2. The molecule has 0 saturated heterocycles. The maximum Gasteiger partial charge on any atom is 3.00 e. The molecule has 0 bridgehead atoms. The fraction of sp³-hybridized carbons (Fsp3) is 0.857. The summed E-state index contributed by atoms with van der Waals surface area (Å²) in [5, 5.41) is 29.5. The Morgan fingerprint density at radius 3 is 1.35 bits per heavy atom. The van der Waals surface area contributed by atoms with E-state index in [1.54, 1.807) is 13.8 Å². The Balaban J connectivity index is -0.000000333. The summed E-state index contributed by atoms with van der Waals surface area (Å²) in [5.41, 5.74) is 12.0. The Morgan fingerprint density at radius 2 is 1.17 bits per heavy atom. The summed E-state index contributed by atoms with van der Waals surface area (Å²) in [5.74, 6) is 0. The second-order valence-corrected chi connectivity index (χ2v) is 4.89. The first-order chi connectivity index (χ1) is 10.5. The van der Waals surface area contributed by atoms with Gasteiger partial charge in [0.05, 0.1) is 11.4 Å². The predicted octanol–water partition coefficient (Wildman–Crippen LogP) is 0.324. The second kappa shape index (κ2) is 19.3. The normalized spacial score (nSPS) is 14.3. The average molecular weight is 377 g/mol. The van der Waals surface area contributed by atoms with E-state index >= 15 is 0 Å².